The Labute approximate surface area is 179 Å². The van der Waals surface area contributed by atoms with Gasteiger partial charge in [0.15, 0.2) is 0 Å². The highest BCUT2D eigenvalue weighted by atomic mass is 35.5. The number of fused-ring (bicyclic) bond motifs is 2. The summed E-state index contributed by atoms with van der Waals surface area (Å²) in [6.07, 6.45) is 1.79. The predicted octanol–water partition coefficient (Wildman–Crippen LogP) is 6.04. The van der Waals surface area contributed by atoms with Gasteiger partial charge in [-0.1, -0.05) is 35.9 Å². The number of aromatic nitrogens is 1. The Morgan fingerprint density at radius 1 is 1.03 bits per heavy atom. The largest absolute Gasteiger partial charge is 0.497 e. The zero-order valence-corrected chi connectivity index (χ0v) is 17.2. The number of nitrogens with zero attached hydrogens (tertiary/aromatic N) is 1. The lowest BCUT2D eigenvalue weighted by Gasteiger charge is -2.16. The van der Waals surface area contributed by atoms with Crippen molar-refractivity contribution in [2.45, 2.75) is 13.1 Å². The molecule has 0 spiro atoms. The second-order valence-corrected chi connectivity index (χ2v) is 7.83. The van der Waals surface area contributed by atoms with Crippen LogP contribution in [0.2, 0.25) is 5.02 Å². The van der Waals surface area contributed by atoms with Gasteiger partial charge in [0, 0.05) is 35.2 Å². The summed E-state index contributed by atoms with van der Waals surface area (Å²) in [5.41, 5.74) is 6.19. The average molecular weight is 418 g/mol. The molecule has 0 fully saturated rings. The van der Waals surface area contributed by atoms with Crippen molar-refractivity contribution in [2.24, 2.45) is 0 Å². The average Bonchev–Trinajstić information content (AvgIpc) is 3.37. The van der Waals surface area contributed by atoms with Gasteiger partial charge in [-0.15, -0.1) is 0 Å². The predicted molar refractivity (Wildman–Crippen MR) is 120 cm³/mol. The number of hydrogen-bond acceptors (Lipinski definition) is 2. The molecule has 0 saturated carbocycles. The standard InChI is InChI=1S/C24H20ClN3O2/c1-30-20-4-2-3-15(10-20)16-5-6-17-13-28(14-18(17)9-16)24(29)27-23-12-26-22-8-7-19(25)11-21(22)23/h2-12,26H,13-14H2,1H3,(H,27,29). The van der Waals surface area contributed by atoms with Gasteiger partial charge < -0.3 is 19.9 Å². The molecule has 3 aromatic carbocycles. The van der Waals surface area contributed by atoms with Crippen LogP contribution in [0.1, 0.15) is 11.1 Å². The summed E-state index contributed by atoms with van der Waals surface area (Å²) in [4.78, 5) is 17.9. The Kier molecular flexibility index (Phi) is 4.60. The number of anilines is 1. The molecule has 5 nitrogen and oxygen atoms in total. The van der Waals surface area contributed by atoms with Crippen molar-refractivity contribution >= 4 is 34.2 Å². The lowest BCUT2D eigenvalue weighted by atomic mass is 10.0. The molecule has 1 aliphatic heterocycles. The minimum absolute atomic E-state index is 0.130. The molecule has 5 rings (SSSR count). The number of halogens is 1. The van der Waals surface area contributed by atoms with Gasteiger partial charge in [-0.2, -0.15) is 0 Å². The molecule has 150 valence electrons. The summed E-state index contributed by atoms with van der Waals surface area (Å²) in [5, 5.41) is 4.54. The van der Waals surface area contributed by atoms with Crippen LogP contribution in [0.4, 0.5) is 10.5 Å². The molecule has 1 aromatic heterocycles. The molecule has 0 atom stereocenters. The number of nitrogens with one attached hydrogen (secondary N) is 2. The van der Waals surface area contributed by atoms with Gasteiger partial charge in [-0.3, -0.25) is 0 Å². The molecule has 0 radical (unpaired) electrons. The molecule has 4 aromatic rings. The van der Waals surface area contributed by atoms with E-state index in [-0.39, 0.29) is 6.03 Å². The number of ether oxygens (including phenoxy) is 1. The van der Waals surface area contributed by atoms with Crippen molar-refractivity contribution in [2.75, 3.05) is 12.4 Å². The van der Waals surface area contributed by atoms with Crippen LogP contribution in [-0.2, 0) is 13.1 Å². The van der Waals surface area contributed by atoms with Crippen molar-refractivity contribution < 1.29 is 9.53 Å². The number of amides is 2. The number of rotatable bonds is 3. The first-order chi connectivity index (χ1) is 14.6. The van der Waals surface area contributed by atoms with Gasteiger partial charge in [0.2, 0.25) is 0 Å². The molecule has 0 saturated heterocycles. The van der Waals surface area contributed by atoms with Gasteiger partial charge >= 0.3 is 6.03 Å². The SMILES string of the molecule is COc1cccc(-c2ccc3c(c2)CN(C(=O)Nc2c[nH]c4ccc(Cl)cc24)C3)c1. The maximum atomic E-state index is 12.9. The van der Waals surface area contributed by atoms with Crippen LogP contribution >= 0.6 is 11.6 Å². The zero-order valence-electron chi connectivity index (χ0n) is 16.4. The highest BCUT2D eigenvalue weighted by Crippen LogP contribution is 2.31. The summed E-state index contributed by atoms with van der Waals surface area (Å²) in [6.45, 7) is 1.16. The molecule has 30 heavy (non-hydrogen) atoms. The fraction of sp³-hybridized carbons (Fsp3) is 0.125. The van der Waals surface area contributed by atoms with Crippen LogP contribution in [0.15, 0.2) is 66.9 Å². The molecule has 1 aliphatic rings. The Morgan fingerprint density at radius 2 is 1.87 bits per heavy atom. The quantitative estimate of drug-likeness (QED) is 0.426. The number of carbonyl (C=O) groups is 1. The van der Waals surface area contributed by atoms with Crippen molar-refractivity contribution in [3.05, 3.63) is 83.0 Å². The van der Waals surface area contributed by atoms with Crippen molar-refractivity contribution in [1.29, 1.82) is 0 Å². The molecule has 6 heteroatoms. The highest BCUT2D eigenvalue weighted by Gasteiger charge is 2.24. The normalized spacial score (nSPS) is 12.8. The minimum atomic E-state index is -0.130. The summed E-state index contributed by atoms with van der Waals surface area (Å²) in [6, 6.07) is 19.8. The van der Waals surface area contributed by atoms with Crippen molar-refractivity contribution in [3.63, 3.8) is 0 Å². The maximum absolute atomic E-state index is 12.9. The number of hydrogen-bond donors (Lipinski definition) is 2. The molecule has 0 unspecified atom stereocenters. The smallest absolute Gasteiger partial charge is 0.322 e. The van der Waals surface area contributed by atoms with E-state index in [9.17, 15) is 4.79 Å². The van der Waals surface area contributed by atoms with Gasteiger partial charge in [0.25, 0.3) is 0 Å². The van der Waals surface area contributed by atoms with E-state index in [1.54, 1.807) is 13.3 Å². The Hall–Kier alpha value is -3.44. The van der Waals surface area contributed by atoms with Crippen LogP contribution in [0, 0.1) is 0 Å². The third kappa shape index (κ3) is 3.37. The fourth-order valence-electron chi connectivity index (χ4n) is 3.91. The molecule has 0 bridgehead atoms. The number of benzene rings is 3. The molecule has 2 heterocycles. The van der Waals surface area contributed by atoms with E-state index in [1.807, 2.05) is 41.3 Å². The van der Waals surface area contributed by atoms with Gasteiger partial charge in [0.1, 0.15) is 5.75 Å². The number of H-pyrrole nitrogens is 1. The second kappa shape index (κ2) is 7.43. The van der Waals surface area contributed by atoms with Gasteiger partial charge in [0.05, 0.1) is 12.8 Å². The Balaban J connectivity index is 1.35. The summed E-state index contributed by atoms with van der Waals surface area (Å²) in [7, 11) is 1.67. The van der Waals surface area contributed by atoms with E-state index < -0.39 is 0 Å². The first-order valence-corrected chi connectivity index (χ1v) is 10.1. The molecule has 0 aliphatic carbocycles. The maximum Gasteiger partial charge on any atom is 0.322 e. The first kappa shape index (κ1) is 18.6. The van der Waals surface area contributed by atoms with Crippen LogP contribution in [0.3, 0.4) is 0 Å². The van der Waals surface area contributed by atoms with Crippen LogP contribution in [-0.4, -0.2) is 23.0 Å². The van der Waals surface area contributed by atoms with Crippen LogP contribution in [0.25, 0.3) is 22.0 Å². The van der Waals surface area contributed by atoms with Crippen LogP contribution in [0.5, 0.6) is 5.75 Å². The van der Waals surface area contributed by atoms with E-state index in [1.165, 1.54) is 5.56 Å². The third-order valence-electron chi connectivity index (χ3n) is 5.50. The number of carbonyl (C=O) groups excluding carboxylic acids is 1. The zero-order chi connectivity index (χ0) is 20.7. The van der Waals surface area contributed by atoms with E-state index in [0.717, 1.165) is 39.0 Å². The van der Waals surface area contributed by atoms with E-state index in [0.29, 0.717) is 18.1 Å². The van der Waals surface area contributed by atoms with Gasteiger partial charge in [-0.25, -0.2) is 4.79 Å². The lowest BCUT2D eigenvalue weighted by molar-refractivity contribution is 0.212. The number of methoxy groups -OCH3 is 1. The van der Waals surface area contributed by atoms with Gasteiger partial charge in [-0.05, 0) is 58.7 Å². The monoisotopic (exact) mass is 417 g/mol. The van der Waals surface area contributed by atoms with Crippen LogP contribution < -0.4 is 10.1 Å². The van der Waals surface area contributed by atoms with Crippen molar-refractivity contribution in [1.82, 2.24) is 9.88 Å². The topological polar surface area (TPSA) is 57.4 Å². The van der Waals surface area contributed by atoms with E-state index in [2.05, 4.69) is 34.6 Å². The summed E-state index contributed by atoms with van der Waals surface area (Å²) >= 11 is 6.11. The summed E-state index contributed by atoms with van der Waals surface area (Å²) < 4.78 is 5.33. The molecule has 2 amide bonds. The first-order valence-electron chi connectivity index (χ1n) is 9.69. The molecular weight excluding hydrogens is 398 g/mol. The Bertz CT molecular complexity index is 1260. The summed E-state index contributed by atoms with van der Waals surface area (Å²) in [5.74, 6) is 0.827. The number of urea groups is 1. The minimum Gasteiger partial charge on any atom is -0.497 e. The Morgan fingerprint density at radius 3 is 2.73 bits per heavy atom. The van der Waals surface area contributed by atoms with E-state index >= 15 is 0 Å². The highest BCUT2D eigenvalue weighted by molar-refractivity contribution is 6.31. The molecular formula is C24H20ClN3O2. The third-order valence-corrected chi connectivity index (χ3v) is 5.74. The lowest BCUT2D eigenvalue weighted by Crippen LogP contribution is -2.30. The molecule has 2 N–H and O–H groups in total. The fourth-order valence-corrected chi connectivity index (χ4v) is 4.08. The second-order valence-electron chi connectivity index (χ2n) is 7.39. The van der Waals surface area contributed by atoms with E-state index in [4.69, 9.17) is 16.3 Å². The number of aromatic amines is 1. The van der Waals surface area contributed by atoms with Crippen molar-refractivity contribution in [3.8, 4) is 16.9 Å².